The highest BCUT2D eigenvalue weighted by Crippen LogP contribution is 2.24. The number of amides is 2. The number of hydrogen-bond acceptors (Lipinski definition) is 3. The standard InChI is InChI=1S/C13H21N3O2/c1-9-3-4-10(2)16(9)13(18)8-6-11-5-7-12(17)15-14-11/h9-10H,3-8H2,1-2H3,(H,15,17)/t9-,10-/m1/s1. The first-order valence-electron chi connectivity index (χ1n) is 6.73. The van der Waals surface area contributed by atoms with Crippen LogP contribution in [0.25, 0.3) is 0 Å². The third-order valence-corrected chi connectivity index (χ3v) is 3.85. The molecular weight excluding hydrogens is 230 g/mol. The van der Waals surface area contributed by atoms with Crippen molar-refractivity contribution < 1.29 is 9.59 Å². The zero-order valence-corrected chi connectivity index (χ0v) is 11.1. The Morgan fingerprint density at radius 1 is 1.33 bits per heavy atom. The SMILES string of the molecule is C[C@@H]1CC[C@@H](C)N1C(=O)CCC1=NNC(=O)CC1. The Bertz CT molecular complexity index is 368. The van der Waals surface area contributed by atoms with Crippen LogP contribution in [0.4, 0.5) is 0 Å². The summed E-state index contributed by atoms with van der Waals surface area (Å²) in [4.78, 5) is 25.1. The van der Waals surface area contributed by atoms with Crippen molar-refractivity contribution in [1.29, 1.82) is 0 Å². The zero-order valence-electron chi connectivity index (χ0n) is 11.1. The highest BCUT2D eigenvalue weighted by atomic mass is 16.2. The summed E-state index contributed by atoms with van der Waals surface area (Å²) in [6, 6.07) is 0.723. The van der Waals surface area contributed by atoms with E-state index >= 15 is 0 Å². The fraction of sp³-hybridized carbons (Fsp3) is 0.769. The Labute approximate surface area is 108 Å². The summed E-state index contributed by atoms with van der Waals surface area (Å²) in [6.07, 6.45) is 4.54. The van der Waals surface area contributed by atoms with Gasteiger partial charge in [-0.15, -0.1) is 0 Å². The molecule has 0 saturated carbocycles. The summed E-state index contributed by atoms with van der Waals surface area (Å²) in [5, 5.41) is 3.99. The Morgan fingerprint density at radius 3 is 2.56 bits per heavy atom. The Balaban J connectivity index is 1.83. The molecule has 0 bridgehead atoms. The van der Waals surface area contributed by atoms with Gasteiger partial charge in [-0.1, -0.05) is 0 Å². The maximum Gasteiger partial charge on any atom is 0.240 e. The van der Waals surface area contributed by atoms with Crippen molar-refractivity contribution in [1.82, 2.24) is 10.3 Å². The summed E-state index contributed by atoms with van der Waals surface area (Å²) in [5.74, 6) is 0.180. The lowest BCUT2D eigenvalue weighted by atomic mass is 10.1. The lowest BCUT2D eigenvalue weighted by Gasteiger charge is -2.26. The van der Waals surface area contributed by atoms with Crippen molar-refractivity contribution >= 4 is 17.5 Å². The van der Waals surface area contributed by atoms with Crippen molar-refractivity contribution in [2.75, 3.05) is 0 Å². The fourth-order valence-corrected chi connectivity index (χ4v) is 2.76. The van der Waals surface area contributed by atoms with E-state index < -0.39 is 0 Å². The normalized spacial score (nSPS) is 28.0. The molecule has 0 aromatic rings. The quantitative estimate of drug-likeness (QED) is 0.824. The van der Waals surface area contributed by atoms with E-state index in [9.17, 15) is 9.59 Å². The van der Waals surface area contributed by atoms with Gasteiger partial charge in [-0.25, -0.2) is 5.43 Å². The van der Waals surface area contributed by atoms with Crippen LogP contribution in [-0.2, 0) is 9.59 Å². The van der Waals surface area contributed by atoms with Crippen LogP contribution in [0.2, 0.25) is 0 Å². The minimum absolute atomic E-state index is 0.0353. The average molecular weight is 251 g/mol. The molecule has 0 aromatic carbocycles. The molecule has 0 aliphatic carbocycles. The molecule has 0 radical (unpaired) electrons. The van der Waals surface area contributed by atoms with E-state index in [1.165, 1.54) is 0 Å². The molecule has 5 nitrogen and oxygen atoms in total. The summed E-state index contributed by atoms with van der Waals surface area (Å²) in [5.41, 5.74) is 3.40. The molecule has 2 rings (SSSR count). The second kappa shape index (κ2) is 5.50. The van der Waals surface area contributed by atoms with E-state index in [4.69, 9.17) is 0 Å². The number of carbonyl (C=O) groups excluding carboxylic acids is 2. The lowest BCUT2D eigenvalue weighted by Crippen LogP contribution is -2.38. The van der Waals surface area contributed by atoms with Crippen molar-refractivity contribution in [3.63, 3.8) is 0 Å². The predicted molar refractivity (Wildman–Crippen MR) is 69.0 cm³/mol. The minimum Gasteiger partial charge on any atom is -0.337 e. The van der Waals surface area contributed by atoms with Gasteiger partial charge in [0.2, 0.25) is 11.8 Å². The number of carbonyl (C=O) groups is 2. The van der Waals surface area contributed by atoms with Crippen LogP contribution in [0, 0.1) is 0 Å². The van der Waals surface area contributed by atoms with E-state index in [2.05, 4.69) is 24.4 Å². The molecule has 2 atom stereocenters. The lowest BCUT2D eigenvalue weighted by molar-refractivity contribution is -0.133. The van der Waals surface area contributed by atoms with Gasteiger partial charge in [0.15, 0.2) is 0 Å². The largest absolute Gasteiger partial charge is 0.337 e. The molecular formula is C13H21N3O2. The van der Waals surface area contributed by atoms with Gasteiger partial charge in [0.05, 0.1) is 0 Å². The van der Waals surface area contributed by atoms with Crippen molar-refractivity contribution in [2.45, 2.75) is 64.5 Å². The van der Waals surface area contributed by atoms with E-state index in [0.29, 0.717) is 37.8 Å². The molecule has 0 spiro atoms. The molecule has 18 heavy (non-hydrogen) atoms. The van der Waals surface area contributed by atoms with Crippen LogP contribution >= 0.6 is 0 Å². The number of nitrogens with zero attached hydrogens (tertiary/aromatic N) is 2. The molecule has 2 aliphatic rings. The van der Waals surface area contributed by atoms with Crippen LogP contribution in [-0.4, -0.2) is 34.5 Å². The molecule has 1 fully saturated rings. The second-order valence-electron chi connectivity index (χ2n) is 5.29. The molecule has 100 valence electrons. The van der Waals surface area contributed by atoms with Crippen LogP contribution < -0.4 is 5.43 Å². The predicted octanol–water partition coefficient (Wildman–Crippen LogP) is 1.43. The van der Waals surface area contributed by atoms with Gasteiger partial charge in [-0.3, -0.25) is 9.59 Å². The first-order chi connectivity index (χ1) is 8.58. The highest BCUT2D eigenvalue weighted by Gasteiger charge is 2.30. The monoisotopic (exact) mass is 251 g/mol. The molecule has 2 heterocycles. The fourth-order valence-electron chi connectivity index (χ4n) is 2.76. The van der Waals surface area contributed by atoms with Crippen LogP contribution in [0.5, 0.6) is 0 Å². The Morgan fingerprint density at radius 2 is 2.00 bits per heavy atom. The van der Waals surface area contributed by atoms with Crippen LogP contribution in [0.3, 0.4) is 0 Å². The van der Waals surface area contributed by atoms with Gasteiger partial charge in [0, 0.05) is 30.6 Å². The molecule has 1 N–H and O–H groups in total. The summed E-state index contributed by atoms with van der Waals surface area (Å²) in [6.45, 7) is 4.22. The van der Waals surface area contributed by atoms with Gasteiger partial charge < -0.3 is 4.90 Å². The van der Waals surface area contributed by atoms with Crippen molar-refractivity contribution in [2.24, 2.45) is 5.10 Å². The number of rotatable bonds is 3. The maximum atomic E-state index is 12.2. The topological polar surface area (TPSA) is 61.8 Å². The number of likely N-dealkylation sites (tertiary alicyclic amines) is 1. The maximum absolute atomic E-state index is 12.2. The molecule has 0 aromatic heterocycles. The highest BCUT2D eigenvalue weighted by molar-refractivity contribution is 5.94. The zero-order chi connectivity index (χ0) is 13.1. The molecule has 2 amide bonds. The summed E-state index contributed by atoms with van der Waals surface area (Å²) in [7, 11) is 0. The third-order valence-electron chi connectivity index (χ3n) is 3.85. The average Bonchev–Trinajstić information content (AvgIpc) is 2.68. The van der Waals surface area contributed by atoms with Gasteiger partial charge >= 0.3 is 0 Å². The van der Waals surface area contributed by atoms with E-state index in [1.54, 1.807) is 0 Å². The molecule has 1 saturated heterocycles. The molecule has 5 heteroatoms. The van der Waals surface area contributed by atoms with Crippen LogP contribution in [0.1, 0.15) is 52.4 Å². The van der Waals surface area contributed by atoms with E-state index in [-0.39, 0.29) is 11.8 Å². The third kappa shape index (κ3) is 2.89. The van der Waals surface area contributed by atoms with E-state index in [0.717, 1.165) is 18.6 Å². The smallest absolute Gasteiger partial charge is 0.240 e. The molecule has 2 aliphatic heterocycles. The number of hydrazone groups is 1. The first kappa shape index (κ1) is 13.1. The van der Waals surface area contributed by atoms with Crippen molar-refractivity contribution in [3.05, 3.63) is 0 Å². The summed E-state index contributed by atoms with van der Waals surface area (Å²) < 4.78 is 0. The van der Waals surface area contributed by atoms with Crippen molar-refractivity contribution in [3.8, 4) is 0 Å². The first-order valence-corrected chi connectivity index (χ1v) is 6.73. The number of nitrogens with one attached hydrogen (secondary N) is 1. The second-order valence-corrected chi connectivity index (χ2v) is 5.29. The van der Waals surface area contributed by atoms with Crippen LogP contribution in [0.15, 0.2) is 5.10 Å². The summed E-state index contributed by atoms with van der Waals surface area (Å²) >= 11 is 0. The minimum atomic E-state index is -0.0353. The van der Waals surface area contributed by atoms with Gasteiger partial charge in [0.1, 0.15) is 0 Å². The van der Waals surface area contributed by atoms with Gasteiger partial charge in [-0.05, 0) is 39.5 Å². The Kier molecular flexibility index (Phi) is 3.99. The Hall–Kier alpha value is -1.39. The van der Waals surface area contributed by atoms with Gasteiger partial charge in [0.25, 0.3) is 0 Å². The number of hydrogen-bond donors (Lipinski definition) is 1. The molecule has 0 unspecified atom stereocenters. The van der Waals surface area contributed by atoms with Gasteiger partial charge in [-0.2, -0.15) is 5.10 Å². The van der Waals surface area contributed by atoms with E-state index in [1.807, 2.05) is 4.90 Å².